The minimum absolute atomic E-state index is 0.560. The minimum atomic E-state index is 0.560. The van der Waals surface area contributed by atoms with Crippen LogP contribution in [0.4, 0.5) is 5.82 Å². The molecule has 2 rings (SSSR count). The summed E-state index contributed by atoms with van der Waals surface area (Å²) in [5.74, 6) is 2.04. The molecule has 0 aliphatic heterocycles. The van der Waals surface area contributed by atoms with Gasteiger partial charge in [-0.15, -0.1) is 0 Å². The van der Waals surface area contributed by atoms with Crippen molar-refractivity contribution in [3.63, 3.8) is 0 Å². The number of aryl methyl sites for hydroxylation is 1. The monoisotopic (exact) mass is 227 g/mol. The number of rotatable bonds is 1. The van der Waals surface area contributed by atoms with Crippen molar-refractivity contribution in [1.29, 1.82) is 0 Å². The molecule has 64 valence electrons. The molecule has 0 unspecified atom stereocenters. The summed E-state index contributed by atoms with van der Waals surface area (Å²) in [5.41, 5.74) is 6.62. The maximum absolute atomic E-state index is 5.69. The first kappa shape index (κ1) is 7.98. The van der Waals surface area contributed by atoms with E-state index in [-0.39, 0.29) is 0 Å². The first-order valence-corrected chi connectivity index (χ1v) is 4.77. The lowest BCUT2D eigenvalue weighted by molar-refractivity contribution is 0.905. The van der Waals surface area contributed by atoms with Gasteiger partial charge in [-0.05, 0) is 35.7 Å². The predicted octanol–water partition coefficient (Wildman–Crippen LogP) is 2.01. The average molecular weight is 228 g/mol. The number of hydrogen-bond acceptors (Lipinski definition) is 3. The van der Waals surface area contributed by atoms with Crippen LogP contribution in [0.15, 0.2) is 4.47 Å². The molecule has 0 aromatic carbocycles. The number of nitrogen functional groups attached to an aromatic ring is 1. The van der Waals surface area contributed by atoms with E-state index in [0.29, 0.717) is 11.7 Å². The van der Waals surface area contributed by atoms with Crippen LogP contribution in [-0.2, 0) is 0 Å². The van der Waals surface area contributed by atoms with Crippen LogP contribution in [0, 0.1) is 6.92 Å². The summed E-state index contributed by atoms with van der Waals surface area (Å²) in [7, 11) is 0. The maximum Gasteiger partial charge on any atom is 0.141 e. The molecule has 1 aliphatic rings. The molecule has 2 N–H and O–H groups in total. The van der Waals surface area contributed by atoms with Crippen molar-refractivity contribution in [2.24, 2.45) is 0 Å². The molecule has 4 heteroatoms. The Labute approximate surface area is 79.5 Å². The van der Waals surface area contributed by atoms with Crippen LogP contribution >= 0.6 is 15.9 Å². The summed E-state index contributed by atoms with van der Waals surface area (Å²) >= 11 is 3.33. The Morgan fingerprint density at radius 1 is 1.42 bits per heavy atom. The third-order valence-electron chi connectivity index (χ3n) is 2.00. The zero-order valence-electron chi connectivity index (χ0n) is 6.84. The van der Waals surface area contributed by atoms with Crippen molar-refractivity contribution in [3.8, 4) is 0 Å². The van der Waals surface area contributed by atoms with E-state index in [1.807, 2.05) is 6.92 Å². The van der Waals surface area contributed by atoms with Crippen LogP contribution in [0.25, 0.3) is 0 Å². The highest BCUT2D eigenvalue weighted by Crippen LogP contribution is 2.39. The van der Waals surface area contributed by atoms with Crippen molar-refractivity contribution in [2.75, 3.05) is 5.73 Å². The topological polar surface area (TPSA) is 51.8 Å². The lowest BCUT2D eigenvalue weighted by atomic mass is 10.3. The van der Waals surface area contributed by atoms with Gasteiger partial charge >= 0.3 is 0 Å². The van der Waals surface area contributed by atoms with Gasteiger partial charge in [0.2, 0.25) is 0 Å². The Balaban J connectivity index is 2.45. The Kier molecular flexibility index (Phi) is 1.79. The van der Waals surface area contributed by atoms with Gasteiger partial charge in [0.15, 0.2) is 0 Å². The van der Waals surface area contributed by atoms with Gasteiger partial charge in [-0.1, -0.05) is 0 Å². The van der Waals surface area contributed by atoms with E-state index in [2.05, 4.69) is 25.9 Å². The number of nitrogens with zero attached hydrogens (tertiary/aromatic N) is 2. The summed E-state index contributed by atoms with van der Waals surface area (Å²) in [4.78, 5) is 8.57. The molecule has 0 amide bonds. The molecule has 0 saturated heterocycles. The number of hydrogen-bond donors (Lipinski definition) is 1. The summed E-state index contributed by atoms with van der Waals surface area (Å²) in [6.45, 7) is 1.94. The number of halogens is 1. The third-order valence-corrected chi connectivity index (χ3v) is 2.98. The lowest BCUT2D eigenvalue weighted by Gasteiger charge is -2.03. The van der Waals surface area contributed by atoms with Crippen LogP contribution in [0.2, 0.25) is 0 Å². The quantitative estimate of drug-likeness (QED) is 0.799. The van der Waals surface area contributed by atoms with Crippen LogP contribution in [0.3, 0.4) is 0 Å². The fourth-order valence-electron chi connectivity index (χ4n) is 1.13. The van der Waals surface area contributed by atoms with E-state index in [0.717, 1.165) is 16.0 Å². The standard InChI is InChI=1S/C8H10BrN3/c1-4-6(9)7(10)12-8(11-4)5-2-3-5/h5H,2-3H2,1H3,(H2,10,11,12). The van der Waals surface area contributed by atoms with Gasteiger partial charge < -0.3 is 5.73 Å². The molecule has 0 radical (unpaired) electrons. The lowest BCUT2D eigenvalue weighted by Crippen LogP contribution is -2.01. The Morgan fingerprint density at radius 2 is 2.08 bits per heavy atom. The van der Waals surface area contributed by atoms with Gasteiger partial charge in [-0.3, -0.25) is 0 Å². The molecule has 1 aromatic rings. The predicted molar refractivity (Wildman–Crippen MR) is 50.9 cm³/mol. The number of nitrogens with two attached hydrogens (primary N) is 1. The number of anilines is 1. The Hall–Kier alpha value is -0.640. The van der Waals surface area contributed by atoms with E-state index < -0.39 is 0 Å². The molecule has 1 heterocycles. The highest BCUT2D eigenvalue weighted by molar-refractivity contribution is 9.10. The van der Waals surface area contributed by atoms with Crippen LogP contribution in [-0.4, -0.2) is 9.97 Å². The van der Waals surface area contributed by atoms with E-state index >= 15 is 0 Å². The molecule has 0 atom stereocenters. The zero-order chi connectivity index (χ0) is 8.72. The van der Waals surface area contributed by atoms with Crippen molar-refractivity contribution in [1.82, 2.24) is 9.97 Å². The Bertz CT molecular complexity index is 297. The summed E-state index contributed by atoms with van der Waals surface area (Å²) in [6.07, 6.45) is 2.42. The first-order chi connectivity index (χ1) is 5.68. The second-order valence-electron chi connectivity index (χ2n) is 3.14. The van der Waals surface area contributed by atoms with Crippen molar-refractivity contribution < 1.29 is 0 Å². The second kappa shape index (κ2) is 2.69. The highest BCUT2D eigenvalue weighted by Gasteiger charge is 2.27. The second-order valence-corrected chi connectivity index (χ2v) is 3.93. The van der Waals surface area contributed by atoms with Crippen LogP contribution < -0.4 is 5.73 Å². The van der Waals surface area contributed by atoms with E-state index in [1.165, 1.54) is 12.8 Å². The van der Waals surface area contributed by atoms with Gasteiger partial charge in [0.25, 0.3) is 0 Å². The fraction of sp³-hybridized carbons (Fsp3) is 0.500. The van der Waals surface area contributed by atoms with Gasteiger partial charge in [0, 0.05) is 5.92 Å². The molecule has 1 fully saturated rings. The highest BCUT2D eigenvalue weighted by atomic mass is 79.9. The van der Waals surface area contributed by atoms with E-state index in [9.17, 15) is 0 Å². The SMILES string of the molecule is Cc1nc(C2CC2)nc(N)c1Br. The molecule has 12 heavy (non-hydrogen) atoms. The van der Waals surface area contributed by atoms with Gasteiger partial charge in [0.05, 0.1) is 10.2 Å². The van der Waals surface area contributed by atoms with Gasteiger partial charge in [-0.2, -0.15) is 0 Å². The van der Waals surface area contributed by atoms with Crippen LogP contribution in [0.5, 0.6) is 0 Å². The van der Waals surface area contributed by atoms with Crippen molar-refractivity contribution >= 4 is 21.7 Å². The molecule has 1 saturated carbocycles. The number of aromatic nitrogens is 2. The smallest absolute Gasteiger partial charge is 0.141 e. The van der Waals surface area contributed by atoms with Crippen molar-refractivity contribution in [2.45, 2.75) is 25.7 Å². The first-order valence-electron chi connectivity index (χ1n) is 3.98. The average Bonchev–Trinajstić information content (AvgIpc) is 2.81. The van der Waals surface area contributed by atoms with Gasteiger partial charge in [0.1, 0.15) is 11.6 Å². The Morgan fingerprint density at radius 3 is 2.58 bits per heavy atom. The molecule has 1 aromatic heterocycles. The maximum atomic E-state index is 5.69. The zero-order valence-corrected chi connectivity index (χ0v) is 8.43. The summed E-state index contributed by atoms with van der Waals surface area (Å²) in [6, 6.07) is 0. The minimum Gasteiger partial charge on any atom is -0.383 e. The van der Waals surface area contributed by atoms with Crippen LogP contribution in [0.1, 0.15) is 30.3 Å². The van der Waals surface area contributed by atoms with E-state index in [1.54, 1.807) is 0 Å². The van der Waals surface area contributed by atoms with E-state index in [4.69, 9.17) is 5.73 Å². The molecular weight excluding hydrogens is 218 g/mol. The largest absolute Gasteiger partial charge is 0.383 e. The van der Waals surface area contributed by atoms with Gasteiger partial charge in [-0.25, -0.2) is 9.97 Å². The van der Waals surface area contributed by atoms with Crippen molar-refractivity contribution in [3.05, 3.63) is 16.0 Å². The third kappa shape index (κ3) is 1.31. The molecule has 0 bridgehead atoms. The summed E-state index contributed by atoms with van der Waals surface area (Å²) < 4.78 is 0.826. The molecular formula is C8H10BrN3. The fourth-order valence-corrected chi connectivity index (χ4v) is 1.31. The molecule has 3 nitrogen and oxygen atoms in total. The normalized spacial score (nSPS) is 16.5. The molecule has 1 aliphatic carbocycles. The summed E-state index contributed by atoms with van der Waals surface area (Å²) in [5, 5.41) is 0. The molecule has 0 spiro atoms.